The van der Waals surface area contributed by atoms with Crippen LogP contribution in [0.2, 0.25) is 0 Å². The first kappa shape index (κ1) is 51.8. The SMILES string of the molecule is CCCCCCCCCCCCCCCCCCCCCCCCC(=O)OC(CCCCCCC)CCCCCCC(=O)NCC(=O)NC(CO)C(=O)O. The van der Waals surface area contributed by atoms with E-state index in [1.54, 1.807) is 0 Å². The maximum Gasteiger partial charge on any atom is 0.328 e. The number of unbranched alkanes of at least 4 members (excludes halogenated alkanes) is 28. The smallest absolute Gasteiger partial charge is 0.328 e. The Morgan fingerprint density at radius 2 is 0.833 bits per heavy atom. The quantitative estimate of drug-likeness (QED) is 0.0358. The molecule has 2 atom stereocenters. The summed E-state index contributed by atoms with van der Waals surface area (Å²) in [5, 5.41) is 22.5. The van der Waals surface area contributed by atoms with Gasteiger partial charge in [-0.1, -0.05) is 187 Å². The lowest BCUT2D eigenvalue weighted by Gasteiger charge is -2.18. The fourth-order valence-electron chi connectivity index (χ4n) is 7.07. The third-order valence-electron chi connectivity index (χ3n) is 10.6. The zero-order valence-electron chi connectivity index (χ0n) is 35.3. The fourth-order valence-corrected chi connectivity index (χ4v) is 7.07. The van der Waals surface area contributed by atoms with Crippen molar-refractivity contribution in [3.8, 4) is 0 Å². The monoisotopic (exact) mass is 767 g/mol. The molecule has 0 heterocycles. The van der Waals surface area contributed by atoms with Gasteiger partial charge in [0.2, 0.25) is 11.8 Å². The minimum Gasteiger partial charge on any atom is -0.480 e. The van der Waals surface area contributed by atoms with E-state index < -0.39 is 24.5 Å². The molecule has 0 saturated carbocycles. The van der Waals surface area contributed by atoms with Gasteiger partial charge in [0.15, 0.2) is 0 Å². The molecule has 0 aliphatic heterocycles. The number of carbonyl (C=O) groups excluding carboxylic acids is 3. The molecule has 318 valence electrons. The van der Waals surface area contributed by atoms with Crippen LogP contribution in [0.1, 0.15) is 239 Å². The van der Waals surface area contributed by atoms with Crippen LogP contribution in [0.5, 0.6) is 0 Å². The Kier molecular flexibility index (Phi) is 38.9. The summed E-state index contributed by atoms with van der Waals surface area (Å²) in [6, 6.07) is -1.38. The van der Waals surface area contributed by atoms with Crippen molar-refractivity contribution in [2.24, 2.45) is 0 Å². The molecule has 0 aliphatic rings. The Morgan fingerprint density at radius 1 is 0.481 bits per heavy atom. The van der Waals surface area contributed by atoms with Gasteiger partial charge < -0.3 is 25.6 Å². The van der Waals surface area contributed by atoms with Gasteiger partial charge in [-0.05, 0) is 38.5 Å². The van der Waals surface area contributed by atoms with Crippen molar-refractivity contribution in [1.29, 1.82) is 0 Å². The minimum atomic E-state index is -1.38. The molecule has 0 rings (SSSR count). The lowest BCUT2D eigenvalue weighted by atomic mass is 10.0. The molecule has 0 saturated heterocycles. The van der Waals surface area contributed by atoms with Crippen LogP contribution >= 0.6 is 0 Å². The average Bonchev–Trinajstić information content (AvgIpc) is 3.15. The maximum atomic E-state index is 12.7. The molecule has 0 fully saturated rings. The number of rotatable bonds is 42. The van der Waals surface area contributed by atoms with Crippen LogP contribution in [0, 0.1) is 0 Å². The molecule has 54 heavy (non-hydrogen) atoms. The van der Waals surface area contributed by atoms with E-state index in [9.17, 15) is 19.2 Å². The number of ether oxygens (including phenoxy) is 1. The number of amides is 2. The van der Waals surface area contributed by atoms with Gasteiger partial charge in [0, 0.05) is 12.8 Å². The van der Waals surface area contributed by atoms with Gasteiger partial charge >= 0.3 is 11.9 Å². The number of nitrogens with one attached hydrogen (secondary N) is 2. The average molecular weight is 767 g/mol. The van der Waals surface area contributed by atoms with Crippen LogP contribution < -0.4 is 10.6 Å². The Labute approximate surface area is 331 Å². The van der Waals surface area contributed by atoms with Gasteiger partial charge in [0.05, 0.1) is 13.2 Å². The standard InChI is InChI=1S/C45H86N2O7/c1-3-5-7-9-10-11-12-13-14-15-16-17-18-19-20-21-22-23-24-25-27-33-37-44(51)54-40(34-30-26-8-6-4-2)35-31-28-29-32-36-42(49)46-38-43(50)47-41(39-48)45(52)53/h40-41,48H,3-39H2,1-2H3,(H,46,49)(H,47,50)(H,52,53). The fraction of sp³-hybridized carbons (Fsp3) is 0.911. The maximum absolute atomic E-state index is 12.7. The molecular formula is C45H86N2O7. The number of carbonyl (C=O) groups is 4. The topological polar surface area (TPSA) is 142 Å². The molecule has 0 aromatic heterocycles. The summed E-state index contributed by atoms with van der Waals surface area (Å²) in [5.41, 5.74) is 0. The second kappa shape index (κ2) is 40.5. The zero-order chi connectivity index (χ0) is 39.7. The second-order valence-electron chi connectivity index (χ2n) is 15.9. The Bertz CT molecular complexity index is 884. The summed E-state index contributed by atoms with van der Waals surface area (Å²) < 4.78 is 5.96. The highest BCUT2D eigenvalue weighted by Crippen LogP contribution is 2.19. The number of esters is 1. The van der Waals surface area contributed by atoms with Crippen molar-refractivity contribution < 1.29 is 34.1 Å². The molecule has 0 spiro atoms. The van der Waals surface area contributed by atoms with Gasteiger partial charge in [-0.2, -0.15) is 0 Å². The molecule has 2 unspecified atom stereocenters. The summed E-state index contributed by atoms with van der Waals surface area (Å²) in [7, 11) is 0. The highest BCUT2D eigenvalue weighted by Gasteiger charge is 2.19. The molecular weight excluding hydrogens is 681 g/mol. The first-order valence-corrected chi connectivity index (χ1v) is 22.9. The largest absolute Gasteiger partial charge is 0.480 e. The Hall–Kier alpha value is -2.16. The number of aliphatic hydroxyl groups is 1. The van der Waals surface area contributed by atoms with Crippen LogP contribution in [0.4, 0.5) is 0 Å². The third kappa shape index (κ3) is 36.8. The number of hydrogen-bond acceptors (Lipinski definition) is 6. The van der Waals surface area contributed by atoms with Crippen molar-refractivity contribution in [2.45, 2.75) is 251 Å². The van der Waals surface area contributed by atoms with E-state index in [-0.39, 0.29) is 30.9 Å². The van der Waals surface area contributed by atoms with Gasteiger partial charge in [-0.15, -0.1) is 0 Å². The summed E-state index contributed by atoms with van der Waals surface area (Å²) in [6.07, 6.45) is 41.7. The van der Waals surface area contributed by atoms with E-state index in [2.05, 4.69) is 24.5 Å². The van der Waals surface area contributed by atoms with Crippen molar-refractivity contribution in [1.82, 2.24) is 10.6 Å². The Balaban J connectivity index is 3.89. The number of carboxylic acid groups (broad SMARTS) is 1. The van der Waals surface area contributed by atoms with Crippen LogP contribution in [0.3, 0.4) is 0 Å². The number of aliphatic carboxylic acids is 1. The first-order valence-electron chi connectivity index (χ1n) is 22.9. The molecule has 9 heteroatoms. The van der Waals surface area contributed by atoms with E-state index in [1.807, 2.05) is 0 Å². The van der Waals surface area contributed by atoms with Crippen LogP contribution in [-0.2, 0) is 23.9 Å². The molecule has 0 aliphatic carbocycles. The van der Waals surface area contributed by atoms with Crippen LogP contribution in [0.25, 0.3) is 0 Å². The first-order chi connectivity index (χ1) is 26.3. The molecule has 0 radical (unpaired) electrons. The molecule has 2 amide bonds. The van der Waals surface area contributed by atoms with Gasteiger partial charge in [-0.3, -0.25) is 14.4 Å². The van der Waals surface area contributed by atoms with Crippen molar-refractivity contribution in [2.75, 3.05) is 13.2 Å². The lowest BCUT2D eigenvalue weighted by Crippen LogP contribution is -2.47. The Morgan fingerprint density at radius 3 is 1.20 bits per heavy atom. The molecule has 0 bridgehead atoms. The van der Waals surface area contributed by atoms with E-state index in [4.69, 9.17) is 14.9 Å². The van der Waals surface area contributed by atoms with E-state index in [1.165, 1.54) is 154 Å². The van der Waals surface area contributed by atoms with Gasteiger partial charge in [0.1, 0.15) is 12.1 Å². The second-order valence-corrected chi connectivity index (χ2v) is 15.9. The molecule has 9 nitrogen and oxygen atoms in total. The molecule has 0 aromatic rings. The zero-order valence-corrected chi connectivity index (χ0v) is 35.3. The predicted molar refractivity (Wildman–Crippen MR) is 222 cm³/mol. The number of carboxylic acids is 1. The van der Waals surface area contributed by atoms with E-state index >= 15 is 0 Å². The van der Waals surface area contributed by atoms with Gasteiger partial charge in [-0.25, -0.2) is 4.79 Å². The number of hydrogen-bond donors (Lipinski definition) is 4. The van der Waals surface area contributed by atoms with Gasteiger partial charge in [0.25, 0.3) is 0 Å². The minimum absolute atomic E-state index is 0.0331. The number of aliphatic hydroxyl groups excluding tert-OH is 1. The summed E-state index contributed by atoms with van der Waals surface area (Å²) in [4.78, 5) is 47.4. The normalized spacial score (nSPS) is 12.4. The van der Waals surface area contributed by atoms with E-state index in [0.717, 1.165) is 51.4 Å². The van der Waals surface area contributed by atoms with Crippen LogP contribution in [-0.4, -0.2) is 59.3 Å². The predicted octanol–water partition coefficient (Wildman–Crippen LogP) is 11.3. The lowest BCUT2D eigenvalue weighted by molar-refractivity contribution is -0.150. The molecule has 4 N–H and O–H groups in total. The van der Waals surface area contributed by atoms with Crippen molar-refractivity contribution in [3.63, 3.8) is 0 Å². The van der Waals surface area contributed by atoms with Crippen molar-refractivity contribution in [3.05, 3.63) is 0 Å². The highest BCUT2D eigenvalue weighted by atomic mass is 16.5. The van der Waals surface area contributed by atoms with E-state index in [0.29, 0.717) is 12.8 Å². The summed E-state index contributed by atoms with van der Waals surface area (Å²) >= 11 is 0. The highest BCUT2D eigenvalue weighted by molar-refractivity contribution is 5.87. The molecule has 0 aromatic carbocycles. The van der Waals surface area contributed by atoms with Crippen molar-refractivity contribution >= 4 is 23.8 Å². The van der Waals surface area contributed by atoms with Crippen LogP contribution in [0.15, 0.2) is 0 Å². The summed E-state index contributed by atoms with van der Waals surface area (Å²) in [5.74, 6) is -2.32. The third-order valence-corrected chi connectivity index (χ3v) is 10.6. The summed E-state index contributed by atoms with van der Waals surface area (Å²) in [6.45, 7) is 3.46.